The van der Waals surface area contributed by atoms with Gasteiger partial charge in [0.25, 0.3) is 0 Å². The first kappa shape index (κ1) is 14.8. The zero-order valence-electron chi connectivity index (χ0n) is 11.4. The third-order valence-corrected chi connectivity index (χ3v) is 3.65. The van der Waals surface area contributed by atoms with Crippen LogP contribution in [0.5, 0.6) is 5.75 Å². The van der Waals surface area contributed by atoms with Crippen molar-refractivity contribution in [3.63, 3.8) is 0 Å². The molecule has 2 aromatic rings. The van der Waals surface area contributed by atoms with Crippen LogP contribution in [0, 0.1) is 11.6 Å². The maximum absolute atomic E-state index is 11.8. The normalized spacial score (nSPS) is 10.4. The Morgan fingerprint density at radius 3 is 2.40 bits per heavy atom. The molecule has 20 heavy (non-hydrogen) atoms. The SMILES string of the molecule is COc1cc(C)n(-c2ccc(Cl)cc2)c(=S)c1C(C)=O. The number of halogens is 1. The molecule has 1 aromatic heterocycles. The smallest absolute Gasteiger partial charge is 0.166 e. The van der Waals surface area contributed by atoms with Gasteiger partial charge in [0.15, 0.2) is 5.78 Å². The molecule has 0 amide bonds. The molecule has 0 saturated heterocycles. The Labute approximate surface area is 127 Å². The van der Waals surface area contributed by atoms with Crippen LogP contribution < -0.4 is 4.74 Å². The second-order valence-corrected chi connectivity index (χ2v) is 5.23. The molecule has 5 heteroatoms. The number of methoxy groups -OCH3 is 1. The van der Waals surface area contributed by atoms with Gasteiger partial charge in [-0.15, -0.1) is 0 Å². The molecule has 0 N–H and O–H groups in total. The minimum atomic E-state index is -0.116. The number of nitrogens with zero attached hydrogens (tertiary/aromatic N) is 1. The zero-order chi connectivity index (χ0) is 14.9. The van der Waals surface area contributed by atoms with Crippen molar-refractivity contribution in [2.75, 3.05) is 7.11 Å². The average Bonchev–Trinajstić information content (AvgIpc) is 2.39. The van der Waals surface area contributed by atoms with Crippen LogP contribution in [-0.4, -0.2) is 17.5 Å². The lowest BCUT2D eigenvalue weighted by atomic mass is 10.1. The third-order valence-electron chi connectivity index (χ3n) is 3.01. The van der Waals surface area contributed by atoms with Gasteiger partial charge in [-0.2, -0.15) is 0 Å². The van der Waals surface area contributed by atoms with Crippen molar-refractivity contribution in [1.29, 1.82) is 0 Å². The maximum Gasteiger partial charge on any atom is 0.166 e. The number of ether oxygens (including phenoxy) is 1. The van der Waals surface area contributed by atoms with Crippen LogP contribution in [0.1, 0.15) is 23.0 Å². The summed E-state index contributed by atoms with van der Waals surface area (Å²) >= 11 is 11.4. The monoisotopic (exact) mass is 307 g/mol. The highest BCUT2D eigenvalue weighted by atomic mass is 35.5. The first-order valence-corrected chi connectivity index (χ1v) is 6.82. The second-order valence-electron chi connectivity index (χ2n) is 4.40. The van der Waals surface area contributed by atoms with Crippen LogP contribution in [-0.2, 0) is 0 Å². The molecule has 0 unspecified atom stereocenters. The number of aryl methyl sites for hydroxylation is 1. The van der Waals surface area contributed by atoms with Crippen LogP contribution >= 0.6 is 23.8 Å². The Kier molecular flexibility index (Phi) is 4.26. The number of ketones is 1. The summed E-state index contributed by atoms with van der Waals surface area (Å²) in [5.41, 5.74) is 2.17. The molecule has 3 nitrogen and oxygen atoms in total. The van der Waals surface area contributed by atoms with Gasteiger partial charge >= 0.3 is 0 Å². The fourth-order valence-corrected chi connectivity index (χ4v) is 2.72. The lowest BCUT2D eigenvalue weighted by molar-refractivity contribution is 0.101. The number of carbonyl (C=O) groups excluding carboxylic acids is 1. The van der Waals surface area contributed by atoms with Gasteiger partial charge in [0.1, 0.15) is 10.4 Å². The molecule has 2 rings (SSSR count). The fraction of sp³-hybridized carbons (Fsp3) is 0.200. The summed E-state index contributed by atoms with van der Waals surface area (Å²) in [6.07, 6.45) is 0. The van der Waals surface area contributed by atoms with E-state index in [4.69, 9.17) is 28.6 Å². The molecular weight excluding hydrogens is 294 g/mol. The summed E-state index contributed by atoms with van der Waals surface area (Å²) < 4.78 is 7.54. The number of hydrogen-bond donors (Lipinski definition) is 0. The van der Waals surface area contributed by atoms with E-state index in [-0.39, 0.29) is 5.78 Å². The van der Waals surface area contributed by atoms with Crippen LogP contribution in [0.25, 0.3) is 5.69 Å². The van der Waals surface area contributed by atoms with Crippen LogP contribution in [0.2, 0.25) is 5.02 Å². The largest absolute Gasteiger partial charge is 0.496 e. The number of hydrogen-bond acceptors (Lipinski definition) is 3. The number of Topliss-reactive ketones (excluding diaryl/α,β-unsaturated/α-hetero) is 1. The fourth-order valence-electron chi connectivity index (χ4n) is 2.10. The third kappa shape index (κ3) is 2.62. The first-order valence-electron chi connectivity index (χ1n) is 6.03. The Balaban J connectivity index is 2.77. The molecule has 0 fully saturated rings. The average molecular weight is 308 g/mol. The van der Waals surface area contributed by atoms with Crippen LogP contribution in [0.15, 0.2) is 30.3 Å². The molecule has 0 saturated carbocycles. The van der Waals surface area contributed by atoms with Crippen molar-refractivity contribution < 1.29 is 9.53 Å². The van der Waals surface area contributed by atoms with E-state index in [1.165, 1.54) is 14.0 Å². The molecule has 0 atom stereocenters. The number of rotatable bonds is 3. The lowest BCUT2D eigenvalue weighted by Gasteiger charge is -2.16. The number of aromatic nitrogens is 1. The van der Waals surface area contributed by atoms with E-state index >= 15 is 0 Å². The molecular formula is C15H14ClNO2S. The van der Waals surface area contributed by atoms with Gasteiger partial charge < -0.3 is 9.30 Å². The van der Waals surface area contributed by atoms with Crippen LogP contribution in [0.3, 0.4) is 0 Å². The molecule has 104 valence electrons. The van der Waals surface area contributed by atoms with Gasteiger partial charge in [0.2, 0.25) is 0 Å². The zero-order valence-corrected chi connectivity index (χ0v) is 13.0. The highest BCUT2D eigenvalue weighted by molar-refractivity contribution is 7.71. The van der Waals surface area contributed by atoms with Gasteiger partial charge in [-0.25, -0.2) is 0 Å². The summed E-state index contributed by atoms with van der Waals surface area (Å²) in [7, 11) is 1.53. The highest BCUT2D eigenvalue weighted by Crippen LogP contribution is 2.26. The van der Waals surface area contributed by atoms with E-state index in [1.807, 2.05) is 23.6 Å². The van der Waals surface area contributed by atoms with Crippen molar-refractivity contribution in [3.8, 4) is 11.4 Å². The second kappa shape index (κ2) is 5.77. The number of carbonyl (C=O) groups is 1. The predicted molar refractivity (Wildman–Crippen MR) is 82.9 cm³/mol. The summed E-state index contributed by atoms with van der Waals surface area (Å²) in [6.45, 7) is 3.39. The van der Waals surface area contributed by atoms with Gasteiger partial charge in [-0.05, 0) is 38.1 Å². The quantitative estimate of drug-likeness (QED) is 0.623. The Bertz CT molecular complexity index is 720. The van der Waals surface area contributed by atoms with E-state index in [0.29, 0.717) is 21.0 Å². The molecule has 1 aromatic carbocycles. The van der Waals surface area contributed by atoms with Crippen molar-refractivity contribution in [2.24, 2.45) is 0 Å². The van der Waals surface area contributed by atoms with E-state index in [9.17, 15) is 4.79 Å². The van der Waals surface area contributed by atoms with Crippen molar-refractivity contribution in [1.82, 2.24) is 4.57 Å². The summed E-state index contributed by atoms with van der Waals surface area (Å²) in [4.78, 5) is 11.8. The topological polar surface area (TPSA) is 31.2 Å². The molecule has 0 spiro atoms. The Morgan fingerprint density at radius 1 is 1.30 bits per heavy atom. The lowest BCUT2D eigenvalue weighted by Crippen LogP contribution is -2.09. The van der Waals surface area contributed by atoms with Gasteiger partial charge in [0.05, 0.1) is 12.7 Å². The van der Waals surface area contributed by atoms with Gasteiger partial charge in [-0.3, -0.25) is 4.79 Å². The molecule has 0 aliphatic carbocycles. The standard InChI is InChI=1S/C15H14ClNO2S/c1-9-8-13(19-3)14(10(2)18)15(20)17(9)12-6-4-11(16)5-7-12/h4-8H,1-3H3. The number of benzene rings is 1. The van der Waals surface area contributed by atoms with Crippen LogP contribution in [0.4, 0.5) is 0 Å². The van der Waals surface area contributed by atoms with Crippen molar-refractivity contribution >= 4 is 29.6 Å². The summed E-state index contributed by atoms with van der Waals surface area (Å²) in [5, 5.41) is 0.651. The van der Waals surface area contributed by atoms with E-state index in [1.54, 1.807) is 18.2 Å². The van der Waals surface area contributed by atoms with Gasteiger partial charge in [-0.1, -0.05) is 23.8 Å². The summed E-state index contributed by atoms with van der Waals surface area (Å²) in [6, 6.07) is 9.11. The predicted octanol–water partition coefficient (Wildman–Crippen LogP) is 4.38. The molecule has 0 bridgehead atoms. The summed E-state index contributed by atoms with van der Waals surface area (Å²) in [5.74, 6) is 0.389. The first-order chi connectivity index (χ1) is 9.45. The number of pyridine rings is 1. The molecule has 1 heterocycles. The molecule has 0 aliphatic rings. The van der Waals surface area contributed by atoms with Gasteiger partial charge in [0, 0.05) is 22.5 Å². The molecule has 0 aliphatic heterocycles. The Morgan fingerprint density at radius 2 is 1.90 bits per heavy atom. The van der Waals surface area contributed by atoms with Crippen molar-refractivity contribution in [3.05, 3.63) is 51.3 Å². The molecule has 0 radical (unpaired) electrons. The minimum Gasteiger partial charge on any atom is -0.496 e. The minimum absolute atomic E-state index is 0.116. The van der Waals surface area contributed by atoms with E-state index in [0.717, 1.165) is 11.4 Å². The Hall–Kier alpha value is -1.65. The van der Waals surface area contributed by atoms with E-state index < -0.39 is 0 Å². The maximum atomic E-state index is 11.8. The van der Waals surface area contributed by atoms with Crippen molar-refractivity contribution in [2.45, 2.75) is 13.8 Å². The van der Waals surface area contributed by atoms with E-state index in [2.05, 4.69) is 0 Å². The highest BCUT2D eigenvalue weighted by Gasteiger charge is 2.15.